The number of aromatic amines is 1. The average molecular weight is 204 g/mol. The first-order chi connectivity index (χ1) is 5.83. The maximum atomic E-state index is 5.36. The molecule has 0 radical (unpaired) electrons. The smallest absolute Gasteiger partial charge is 0.216 e. The van der Waals surface area contributed by atoms with Gasteiger partial charge in [-0.25, -0.2) is 5.10 Å². The van der Waals surface area contributed by atoms with Crippen LogP contribution in [0, 0.1) is 0 Å². The van der Waals surface area contributed by atoms with Gasteiger partial charge in [-0.3, -0.25) is 0 Å². The van der Waals surface area contributed by atoms with Crippen molar-refractivity contribution in [2.24, 2.45) is 0 Å². The highest BCUT2D eigenvalue weighted by atomic mass is 32.2. The molecule has 6 heteroatoms. The van der Waals surface area contributed by atoms with Crippen LogP contribution in [-0.4, -0.2) is 32.9 Å². The zero-order valence-corrected chi connectivity index (χ0v) is 8.54. The Kier molecular flexibility index (Phi) is 4.31. The zero-order valence-electron chi connectivity index (χ0n) is 6.91. The fraction of sp³-hybridized carbons (Fsp3) is 0.667. The molecule has 1 rings (SSSR count). The molecule has 0 spiro atoms. The lowest BCUT2D eigenvalue weighted by molar-refractivity contribution is 0.969. The molecule has 0 saturated heterocycles. The summed E-state index contributed by atoms with van der Waals surface area (Å²) in [6, 6.07) is 0. The lowest BCUT2D eigenvalue weighted by atomic mass is 10.6. The van der Waals surface area contributed by atoms with E-state index in [1.807, 2.05) is 11.8 Å². The van der Waals surface area contributed by atoms with Crippen LogP contribution in [0.4, 0.5) is 5.95 Å². The molecule has 1 heterocycles. The molecule has 0 aliphatic carbocycles. The monoisotopic (exact) mass is 204 g/mol. The van der Waals surface area contributed by atoms with Gasteiger partial charge in [-0.15, -0.1) is 5.10 Å². The Morgan fingerprint density at radius 2 is 2.33 bits per heavy atom. The van der Waals surface area contributed by atoms with Gasteiger partial charge in [0.25, 0.3) is 0 Å². The second-order valence-corrected chi connectivity index (χ2v) is 4.25. The molecule has 0 aliphatic rings. The van der Waals surface area contributed by atoms with Crippen molar-refractivity contribution in [2.45, 2.75) is 11.6 Å². The molecule has 3 N–H and O–H groups in total. The minimum Gasteiger partial charge on any atom is -0.368 e. The van der Waals surface area contributed by atoms with Crippen LogP contribution in [0.1, 0.15) is 6.42 Å². The predicted octanol–water partition coefficient (Wildman–Crippen LogP) is 1.23. The van der Waals surface area contributed by atoms with E-state index in [1.54, 1.807) is 11.8 Å². The lowest BCUT2D eigenvalue weighted by Crippen LogP contribution is -1.86. The number of nitrogens with two attached hydrogens (primary N) is 1. The van der Waals surface area contributed by atoms with Gasteiger partial charge < -0.3 is 5.73 Å². The number of hydrogen-bond acceptors (Lipinski definition) is 5. The Balaban J connectivity index is 2.15. The summed E-state index contributed by atoms with van der Waals surface area (Å²) in [5, 5.41) is 7.25. The van der Waals surface area contributed by atoms with Gasteiger partial charge in [-0.2, -0.15) is 16.7 Å². The minimum atomic E-state index is 0.391. The van der Waals surface area contributed by atoms with Crippen molar-refractivity contribution in [3.8, 4) is 0 Å². The quantitative estimate of drug-likeness (QED) is 0.558. The Morgan fingerprint density at radius 1 is 1.50 bits per heavy atom. The highest BCUT2D eigenvalue weighted by molar-refractivity contribution is 7.99. The Hall–Kier alpha value is -0.360. The van der Waals surface area contributed by atoms with Gasteiger partial charge in [0.15, 0.2) is 0 Å². The third-order valence-electron chi connectivity index (χ3n) is 1.21. The van der Waals surface area contributed by atoms with Crippen molar-refractivity contribution >= 4 is 29.5 Å². The van der Waals surface area contributed by atoms with Crippen molar-refractivity contribution in [3.05, 3.63) is 0 Å². The summed E-state index contributed by atoms with van der Waals surface area (Å²) < 4.78 is 0. The zero-order chi connectivity index (χ0) is 8.81. The number of rotatable bonds is 5. The van der Waals surface area contributed by atoms with Crippen LogP contribution in [-0.2, 0) is 0 Å². The first kappa shape index (κ1) is 9.73. The predicted molar refractivity (Wildman–Crippen MR) is 54.5 cm³/mol. The molecule has 0 aromatic carbocycles. The molecule has 1 aromatic rings. The summed E-state index contributed by atoms with van der Waals surface area (Å²) in [6.07, 6.45) is 3.29. The van der Waals surface area contributed by atoms with Gasteiger partial charge in [-0.05, 0) is 18.4 Å². The molecule has 0 aliphatic heterocycles. The van der Waals surface area contributed by atoms with Crippen molar-refractivity contribution in [1.29, 1.82) is 0 Å². The highest BCUT2D eigenvalue weighted by Crippen LogP contribution is 2.14. The van der Waals surface area contributed by atoms with E-state index in [0.717, 1.165) is 10.9 Å². The molecular formula is C6H12N4S2. The molecule has 12 heavy (non-hydrogen) atoms. The van der Waals surface area contributed by atoms with Crippen molar-refractivity contribution < 1.29 is 0 Å². The van der Waals surface area contributed by atoms with Crippen molar-refractivity contribution in [1.82, 2.24) is 15.2 Å². The molecule has 0 saturated carbocycles. The Bertz CT molecular complexity index is 225. The van der Waals surface area contributed by atoms with Crippen LogP contribution in [0.5, 0.6) is 0 Å². The number of hydrogen-bond donors (Lipinski definition) is 2. The summed E-state index contributed by atoms with van der Waals surface area (Å²) in [5.74, 6) is 2.63. The molecule has 0 atom stereocenters. The van der Waals surface area contributed by atoms with E-state index in [1.165, 1.54) is 12.2 Å². The molecule has 0 unspecified atom stereocenters. The van der Waals surface area contributed by atoms with Crippen molar-refractivity contribution in [2.75, 3.05) is 23.5 Å². The molecule has 0 bridgehead atoms. The first-order valence-electron chi connectivity index (χ1n) is 3.62. The summed E-state index contributed by atoms with van der Waals surface area (Å²) in [6.45, 7) is 0. The van der Waals surface area contributed by atoms with Gasteiger partial charge in [0.1, 0.15) is 0 Å². The van der Waals surface area contributed by atoms with Crippen LogP contribution < -0.4 is 5.73 Å². The van der Waals surface area contributed by atoms with Crippen LogP contribution in [0.15, 0.2) is 5.16 Å². The van der Waals surface area contributed by atoms with Gasteiger partial charge in [0.2, 0.25) is 11.1 Å². The lowest BCUT2D eigenvalue weighted by Gasteiger charge is -1.93. The van der Waals surface area contributed by atoms with E-state index < -0.39 is 0 Å². The molecule has 68 valence electrons. The van der Waals surface area contributed by atoms with Crippen LogP contribution in [0.25, 0.3) is 0 Å². The molecule has 4 nitrogen and oxygen atoms in total. The number of H-pyrrole nitrogens is 1. The number of nitrogen functional groups attached to an aromatic ring is 1. The number of thioether (sulfide) groups is 2. The second-order valence-electron chi connectivity index (χ2n) is 2.20. The summed E-state index contributed by atoms with van der Waals surface area (Å²) >= 11 is 3.49. The Morgan fingerprint density at radius 3 is 2.92 bits per heavy atom. The topological polar surface area (TPSA) is 67.6 Å². The third kappa shape index (κ3) is 3.36. The van der Waals surface area contributed by atoms with E-state index in [0.29, 0.717) is 5.95 Å². The van der Waals surface area contributed by atoms with Gasteiger partial charge >= 0.3 is 0 Å². The van der Waals surface area contributed by atoms with E-state index >= 15 is 0 Å². The molecule has 0 amide bonds. The van der Waals surface area contributed by atoms with Crippen molar-refractivity contribution in [3.63, 3.8) is 0 Å². The molecular weight excluding hydrogens is 192 g/mol. The standard InChI is InChI=1S/C6H12N4S2/c1-11-3-2-4-12-6-8-5(7)9-10-6/h2-4H2,1H3,(H3,7,8,9,10). The number of aromatic nitrogens is 3. The van der Waals surface area contributed by atoms with Gasteiger partial charge in [0.05, 0.1) is 0 Å². The maximum absolute atomic E-state index is 5.36. The van der Waals surface area contributed by atoms with Crippen LogP contribution >= 0.6 is 23.5 Å². The summed E-state index contributed by atoms with van der Waals surface area (Å²) in [4.78, 5) is 3.98. The Labute approximate surface area is 80.1 Å². The minimum absolute atomic E-state index is 0.391. The first-order valence-corrected chi connectivity index (χ1v) is 6.00. The molecule has 1 aromatic heterocycles. The number of nitrogens with one attached hydrogen (secondary N) is 1. The molecule has 0 fully saturated rings. The van der Waals surface area contributed by atoms with Gasteiger partial charge in [0, 0.05) is 5.75 Å². The fourth-order valence-electron chi connectivity index (χ4n) is 0.689. The number of nitrogens with zero attached hydrogens (tertiary/aromatic N) is 2. The maximum Gasteiger partial charge on any atom is 0.216 e. The largest absolute Gasteiger partial charge is 0.368 e. The third-order valence-corrected chi connectivity index (χ3v) is 2.84. The van der Waals surface area contributed by atoms with E-state index in [2.05, 4.69) is 21.4 Å². The second kappa shape index (κ2) is 5.31. The number of anilines is 1. The van der Waals surface area contributed by atoms with E-state index in [-0.39, 0.29) is 0 Å². The normalized spacial score (nSPS) is 10.4. The highest BCUT2D eigenvalue weighted by Gasteiger charge is 1.99. The SMILES string of the molecule is CSCCCSc1n[nH]c(N)n1. The van der Waals surface area contributed by atoms with Crippen LogP contribution in [0.2, 0.25) is 0 Å². The van der Waals surface area contributed by atoms with Crippen LogP contribution in [0.3, 0.4) is 0 Å². The summed E-state index contributed by atoms with van der Waals surface area (Å²) in [7, 11) is 0. The van der Waals surface area contributed by atoms with E-state index in [9.17, 15) is 0 Å². The van der Waals surface area contributed by atoms with Gasteiger partial charge in [-0.1, -0.05) is 11.8 Å². The average Bonchev–Trinajstić information content (AvgIpc) is 2.45. The summed E-state index contributed by atoms with van der Waals surface area (Å²) in [5.41, 5.74) is 5.36. The van der Waals surface area contributed by atoms with E-state index in [4.69, 9.17) is 5.73 Å². The fourth-order valence-corrected chi connectivity index (χ4v) is 2.05.